The highest BCUT2D eigenvalue weighted by atomic mass is 15.1. The minimum absolute atomic E-state index is 0.497. The van der Waals surface area contributed by atoms with E-state index in [2.05, 4.69) is 363 Å². The van der Waals surface area contributed by atoms with E-state index in [-0.39, 0.29) is 0 Å². The molecule has 0 aliphatic rings. The van der Waals surface area contributed by atoms with Crippen LogP contribution in [0.2, 0.25) is 0 Å². The fraction of sp³-hybridized carbons (Fsp3) is 0.0118. The first-order chi connectivity index (χ1) is 42.6. The summed E-state index contributed by atoms with van der Waals surface area (Å²) in [5.74, 6) is 0. The number of anilines is 3. The van der Waals surface area contributed by atoms with Crippen LogP contribution in [-0.2, 0) is 5.41 Å². The van der Waals surface area contributed by atoms with Crippen LogP contribution >= 0.6 is 0 Å². The van der Waals surface area contributed by atoms with Gasteiger partial charge in [0.05, 0.1) is 5.41 Å². The zero-order chi connectivity index (χ0) is 57.2. The van der Waals surface area contributed by atoms with Gasteiger partial charge >= 0.3 is 0 Å². The smallest absolute Gasteiger partial charge is 0.0701 e. The average molecular weight is 1090 g/mol. The van der Waals surface area contributed by atoms with Gasteiger partial charge in [-0.15, -0.1) is 0 Å². The molecule has 15 aromatic carbocycles. The Morgan fingerprint density at radius 3 is 0.605 bits per heavy atom. The molecule has 404 valence electrons. The van der Waals surface area contributed by atoms with Crippen LogP contribution in [0.3, 0.4) is 0 Å². The molecule has 0 amide bonds. The summed E-state index contributed by atoms with van der Waals surface area (Å²) < 4.78 is 0. The molecule has 15 rings (SSSR count). The first-order valence-corrected chi connectivity index (χ1v) is 29.7. The van der Waals surface area contributed by atoms with Crippen molar-refractivity contribution < 1.29 is 0 Å². The number of benzene rings is 15. The van der Waals surface area contributed by atoms with Crippen molar-refractivity contribution >= 4 is 49.4 Å². The van der Waals surface area contributed by atoms with Gasteiger partial charge in [0.25, 0.3) is 0 Å². The summed E-state index contributed by atoms with van der Waals surface area (Å²) in [5.41, 5.74) is 22.0. The quantitative estimate of drug-likeness (QED) is 0.104. The van der Waals surface area contributed by atoms with Crippen LogP contribution in [-0.4, -0.2) is 0 Å². The molecule has 86 heavy (non-hydrogen) atoms. The molecule has 1 nitrogen and oxygen atoms in total. The van der Waals surface area contributed by atoms with Crippen LogP contribution in [0.5, 0.6) is 0 Å². The molecule has 0 spiro atoms. The van der Waals surface area contributed by atoms with E-state index in [1.807, 2.05) is 0 Å². The van der Waals surface area contributed by atoms with Crippen LogP contribution in [0.15, 0.2) is 358 Å². The predicted molar refractivity (Wildman–Crippen MR) is 365 cm³/mol. The van der Waals surface area contributed by atoms with Crippen molar-refractivity contribution in [1.82, 2.24) is 0 Å². The number of hydrogen-bond donors (Lipinski definition) is 0. The average Bonchev–Trinajstić information content (AvgIpc) is 1.40. The first kappa shape index (κ1) is 51.7. The van der Waals surface area contributed by atoms with Crippen LogP contribution in [0, 0.1) is 0 Å². The number of nitrogens with zero attached hydrogens (tertiary/aromatic N) is 1. The van der Waals surface area contributed by atoms with Crippen molar-refractivity contribution in [2.45, 2.75) is 5.41 Å². The molecule has 0 radical (unpaired) electrons. The van der Waals surface area contributed by atoms with Gasteiger partial charge in [0, 0.05) is 17.1 Å². The fourth-order valence-electron chi connectivity index (χ4n) is 12.9. The highest BCUT2D eigenvalue weighted by molar-refractivity contribution is 5.94. The summed E-state index contributed by atoms with van der Waals surface area (Å²) in [4.78, 5) is 2.37. The molecule has 1 heteroatoms. The molecule has 0 saturated heterocycles. The molecule has 0 aromatic heterocycles. The molecule has 15 aromatic rings. The first-order valence-electron chi connectivity index (χ1n) is 29.7. The Kier molecular flexibility index (Phi) is 13.6. The largest absolute Gasteiger partial charge is 0.311 e. The predicted octanol–water partition coefficient (Wildman–Crippen LogP) is 23.0. The van der Waals surface area contributed by atoms with Crippen LogP contribution in [0.1, 0.15) is 22.3 Å². The van der Waals surface area contributed by atoms with E-state index in [1.54, 1.807) is 0 Å². The monoisotopic (exact) mass is 1090 g/mol. The maximum absolute atomic E-state index is 2.37. The highest BCUT2D eigenvalue weighted by Crippen LogP contribution is 2.46. The summed E-state index contributed by atoms with van der Waals surface area (Å²) in [6.45, 7) is 0. The minimum Gasteiger partial charge on any atom is -0.311 e. The molecule has 0 atom stereocenters. The Hall–Kier alpha value is -11.1. The second kappa shape index (κ2) is 22.6. The second-order valence-electron chi connectivity index (χ2n) is 22.5. The Morgan fingerprint density at radius 1 is 0.151 bits per heavy atom. The summed E-state index contributed by atoms with van der Waals surface area (Å²) in [5, 5.41) is 7.32. The molecular weight excluding hydrogens is 1030 g/mol. The van der Waals surface area contributed by atoms with Gasteiger partial charge < -0.3 is 4.90 Å². The van der Waals surface area contributed by atoms with Crippen molar-refractivity contribution in [3.8, 4) is 66.8 Å². The van der Waals surface area contributed by atoms with E-state index >= 15 is 0 Å². The Morgan fingerprint density at radius 2 is 0.349 bits per heavy atom. The van der Waals surface area contributed by atoms with E-state index in [9.17, 15) is 0 Å². The van der Waals surface area contributed by atoms with Crippen molar-refractivity contribution in [2.24, 2.45) is 0 Å². The number of fused-ring (bicyclic) bond motifs is 3. The Balaban J connectivity index is 0.752. The van der Waals surface area contributed by atoms with Gasteiger partial charge in [-0.2, -0.15) is 0 Å². The van der Waals surface area contributed by atoms with Crippen molar-refractivity contribution in [3.63, 3.8) is 0 Å². The normalized spacial score (nSPS) is 11.5. The van der Waals surface area contributed by atoms with Crippen LogP contribution in [0.4, 0.5) is 17.1 Å². The van der Waals surface area contributed by atoms with E-state index in [1.165, 1.54) is 116 Å². The van der Waals surface area contributed by atoms with Crippen molar-refractivity contribution in [2.75, 3.05) is 4.90 Å². The third-order valence-corrected chi connectivity index (χ3v) is 17.4. The molecular formula is C85H59N. The summed E-state index contributed by atoms with van der Waals surface area (Å²) >= 11 is 0. The lowest BCUT2D eigenvalue weighted by atomic mass is 9.65. The second-order valence-corrected chi connectivity index (χ2v) is 22.5. The lowest BCUT2D eigenvalue weighted by Gasteiger charge is -2.37. The fourth-order valence-corrected chi connectivity index (χ4v) is 12.9. The van der Waals surface area contributed by atoms with Gasteiger partial charge in [0.15, 0.2) is 0 Å². The Labute approximate surface area is 503 Å². The van der Waals surface area contributed by atoms with E-state index in [4.69, 9.17) is 0 Å². The molecule has 0 heterocycles. The molecule has 0 unspecified atom stereocenters. The van der Waals surface area contributed by atoms with E-state index < -0.39 is 5.41 Å². The third kappa shape index (κ3) is 9.91. The van der Waals surface area contributed by atoms with Crippen LogP contribution in [0.25, 0.3) is 99.1 Å². The maximum atomic E-state index is 2.37. The van der Waals surface area contributed by atoms with Gasteiger partial charge in [-0.1, -0.05) is 285 Å². The number of rotatable bonds is 13. The standard InChI is InChI=1S/C85H59N/c1-6-16-60(17-7-1)69-32-26-66-29-35-72(57-75(66)54-69)63-40-48-82(49-41-63)86(83-50-42-64(43-51-83)73-36-30-67-27-33-70(55-76(67)58-73)61-18-8-2-9-19-61)84-52-44-65(45-53-84)74-37-31-68-28-34-71(56-77(68)59-74)62-38-46-81(47-39-62)85(78-20-10-3-11-21-78,79-22-12-4-13-23-79)80-24-14-5-15-25-80/h1-59H. The summed E-state index contributed by atoms with van der Waals surface area (Å²) in [7, 11) is 0. The van der Waals surface area contributed by atoms with E-state index in [0.717, 1.165) is 22.6 Å². The topological polar surface area (TPSA) is 3.24 Å². The lowest BCUT2D eigenvalue weighted by Crippen LogP contribution is -2.30. The van der Waals surface area contributed by atoms with Gasteiger partial charge in [-0.05, 0) is 194 Å². The van der Waals surface area contributed by atoms with Gasteiger partial charge in [0.2, 0.25) is 0 Å². The van der Waals surface area contributed by atoms with Crippen LogP contribution < -0.4 is 4.90 Å². The Bertz CT molecular complexity index is 4580. The molecule has 0 N–H and O–H groups in total. The van der Waals surface area contributed by atoms with Crippen molar-refractivity contribution in [3.05, 3.63) is 380 Å². The summed E-state index contributed by atoms with van der Waals surface area (Å²) in [6.07, 6.45) is 0. The van der Waals surface area contributed by atoms with Gasteiger partial charge in [-0.25, -0.2) is 0 Å². The zero-order valence-corrected chi connectivity index (χ0v) is 47.5. The van der Waals surface area contributed by atoms with Crippen molar-refractivity contribution in [1.29, 1.82) is 0 Å². The number of hydrogen-bond acceptors (Lipinski definition) is 1. The maximum Gasteiger partial charge on any atom is 0.0701 e. The molecule has 0 bridgehead atoms. The molecule has 0 aliphatic heterocycles. The zero-order valence-electron chi connectivity index (χ0n) is 47.5. The molecule has 0 saturated carbocycles. The van der Waals surface area contributed by atoms with E-state index in [0.29, 0.717) is 0 Å². The molecule has 0 aliphatic carbocycles. The van der Waals surface area contributed by atoms with Gasteiger partial charge in [0.1, 0.15) is 0 Å². The minimum atomic E-state index is -0.497. The SMILES string of the molecule is c1ccc(-c2ccc3ccc(-c4ccc(N(c5ccc(-c6ccc7ccc(-c8ccccc8)cc7c6)cc5)c5ccc(-c6ccc7ccc(-c8ccc(C(c9ccccc9)(c9ccccc9)c9ccccc9)cc8)cc7c6)cc5)cc4)cc3c2)cc1. The van der Waals surface area contributed by atoms with Gasteiger partial charge in [-0.3, -0.25) is 0 Å². The lowest BCUT2D eigenvalue weighted by molar-refractivity contribution is 0.745. The third-order valence-electron chi connectivity index (χ3n) is 17.4. The summed E-state index contributed by atoms with van der Waals surface area (Å²) in [6, 6.07) is 131. The highest BCUT2D eigenvalue weighted by Gasteiger charge is 2.38. The molecule has 0 fully saturated rings.